The second-order valence-electron chi connectivity index (χ2n) is 1.68. The smallest absolute Gasteiger partial charge is 0.258 e. The first-order chi connectivity index (χ1) is 5.52. The summed E-state index contributed by atoms with van der Waals surface area (Å²) in [7, 11) is 0. The van der Waals surface area contributed by atoms with Crippen LogP contribution in [-0.2, 0) is 0 Å². The molecule has 0 aliphatic heterocycles. The maximum Gasteiger partial charge on any atom is 0.343 e. The first kappa shape index (κ1) is 9.44. The quantitative estimate of drug-likeness (QED) is 0.320. The Bertz CT molecular complexity index is 319. The third kappa shape index (κ3) is 1.74. The minimum Gasteiger partial charge on any atom is -0.258 e. The van der Waals surface area contributed by atoms with Crippen LogP contribution in [-0.4, -0.2) is 14.9 Å². The first-order valence-corrected chi connectivity index (χ1v) is 3.68. The van der Waals surface area contributed by atoms with Gasteiger partial charge in [-0.05, 0) is 11.6 Å². The van der Waals surface area contributed by atoms with Crippen LogP contribution < -0.4 is 0 Å². The van der Waals surface area contributed by atoms with Crippen LogP contribution in [0.15, 0.2) is 0 Å². The molecule has 0 unspecified atom stereocenters. The largest absolute Gasteiger partial charge is 0.343 e. The summed E-state index contributed by atoms with van der Waals surface area (Å²) >= 11 is 16.0. The van der Waals surface area contributed by atoms with E-state index < -0.39 is 10.6 Å². The van der Waals surface area contributed by atoms with Gasteiger partial charge in [0.2, 0.25) is 15.6 Å². The lowest BCUT2D eigenvalue weighted by Crippen LogP contribution is -1.95. The molecule has 1 rings (SSSR count). The van der Waals surface area contributed by atoms with E-state index in [0.29, 0.717) is 0 Å². The van der Waals surface area contributed by atoms with Gasteiger partial charge in [0.15, 0.2) is 0 Å². The lowest BCUT2D eigenvalue weighted by molar-refractivity contribution is -0.385. The Morgan fingerprint density at radius 3 is 1.92 bits per heavy atom. The van der Waals surface area contributed by atoms with Gasteiger partial charge in [0.1, 0.15) is 0 Å². The van der Waals surface area contributed by atoms with Crippen molar-refractivity contribution in [2.45, 2.75) is 0 Å². The number of nitrogens with zero attached hydrogens (tertiary/aromatic N) is 3. The second kappa shape index (κ2) is 3.38. The van der Waals surface area contributed by atoms with Crippen molar-refractivity contribution in [3.63, 3.8) is 0 Å². The minimum atomic E-state index is -0.777. The van der Waals surface area contributed by atoms with E-state index in [9.17, 15) is 10.1 Å². The molecule has 12 heavy (non-hydrogen) atoms. The fourth-order valence-electron chi connectivity index (χ4n) is 0.529. The van der Waals surface area contributed by atoms with Crippen LogP contribution in [0.25, 0.3) is 0 Å². The Labute approximate surface area is 81.4 Å². The highest BCUT2D eigenvalue weighted by atomic mass is 35.5. The Kier molecular flexibility index (Phi) is 2.66. The first-order valence-electron chi connectivity index (χ1n) is 2.55. The molecule has 5 nitrogen and oxygen atoms in total. The van der Waals surface area contributed by atoms with Gasteiger partial charge in [-0.25, -0.2) is 0 Å². The maximum absolute atomic E-state index is 10.3. The molecule has 0 aliphatic rings. The van der Waals surface area contributed by atoms with Crippen LogP contribution >= 0.6 is 34.8 Å². The summed E-state index contributed by atoms with van der Waals surface area (Å²) < 4.78 is 0. The van der Waals surface area contributed by atoms with Gasteiger partial charge in [-0.2, -0.15) is 9.97 Å². The summed E-state index contributed by atoms with van der Waals surface area (Å²) in [6, 6.07) is 0. The Morgan fingerprint density at radius 1 is 1.17 bits per heavy atom. The van der Waals surface area contributed by atoms with Crippen molar-refractivity contribution in [1.82, 2.24) is 9.97 Å². The predicted octanol–water partition coefficient (Wildman–Crippen LogP) is 2.34. The van der Waals surface area contributed by atoms with E-state index >= 15 is 0 Å². The van der Waals surface area contributed by atoms with Crippen molar-refractivity contribution in [1.29, 1.82) is 0 Å². The summed E-state index contributed by atoms with van der Waals surface area (Å²) in [6.07, 6.45) is 0. The molecule has 0 amide bonds. The molecule has 0 saturated carbocycles. The molecule has 1 heterocycles. The van der Waals surface area contributed by atoms with Gasteiger partial charge >= 0.3 is 5.69 Å². The molecule has 64 valence electrons. The lowest BCUT2D eigenvalue weighted by atomic mass is 10.5. The van der Waals surface area contributed by atoms with E-state index in [4.69, 9.17) is 34.8 Å². The molecule has 0 spiro atoms. The molecule has 0 atom stereocenters. The number of rotatable bonds is 1. The van der Waals surface area contributed by atoms with Gasteiger partial charge in [0, 0.05) is 0 Å². The van der Waals surface area contributed by atoms with E-state index in [2.05, 4.69) is 9.97 Å². The predicted molar refractivity (Wildman–Crippen MR) is 43.7 cm³/mol. The van der Waals surface area contributed by atoms with Crippen molar-refractivity contribution in [2.24, 2.45) is 0 Å². The molecular weight excluding hydrogens is 228 g/mol. The summed E-state index contributed by atoms with van der Waals surface area (Å²) in [6.45, 7) is 0. The van der Waals surface area contributed by atoms with E-state index in [0.717, 1.165) is 0 Å². The lowest BCUT2D eigenvalue weighted by Gasteiger charge is -1.95. The molecule has 8 heteroatoms. The fraction of sp³-hybridized carbons (Fsp3) is 0. The van der Waals surface area contributed by atoms with Gasteiger partial charge in [-0.1, -0.05) is 23.2 Å². The van der Waals surface area contributed by atoms with Gasteiger partial charge in [0.25, 0.3) is 0 Å². The molecule has 0 saturated heterocycles. The van der Waals surface area contributed by atoms with E-state index in [1.165, 1.54) is 0 Å². The van der Waals surface area contributed by atoms with E-state index in [-0.39, 0.29) is 15.6 Å². The standard InChI is InChI=1S/C4Cl3N3O2/c5-2-1(10(11)12)3(6)9-4(7)8-2. The van der Waals surface area contributed by atoms with Crippen molar-refractivity contribution >= 4 is 40.5 Å². The zero-order valence-corrected chi connectivity index (χ0v) is 7.56. The highest BCUT2D eigenvalue weighted by molar-refractivity contribution is 6.38. The SMILES string of the molecule is O=[N+]([O-])c1c(Cl)nc(Cl)nc1Cl. The van der Waals surface area contributed by atoms with E-state index in [1.807, 2.05) is 0 Å². The summed E-state index contributed by atoms with van der Waals surface area (Å²) in [5, 5.41) is 9.30. The van der Waals surface area contributed by atoms with Crippen LogP contribution in [0, 0.1) is 10.1 Å². The molecule has 0 N–H and O–H groups in total. The number of hydrogen-bond donors (Lipinski definition) is 0. The molecule has 0 aliphatic carbocycles. The van der Waals surface area contributed by atoms with Crippen LogP contribution in [0.2, 0.25) is 15.6 Å². The summed E-state index contributed by atoms with van der Waals surface area (Å²) in [5.74, 6) is 0. The zero-order valence-electron chi connectivity index (χ0n) is 5.29. The average Bonchev–Trinajstić information content (AvgIpc) is 1.82. The van der Waals surface area contributed by atoms with Gasteiger partial charge in [-0.15, -0.1) is 0 Å². The van der Waals surface area contributed by atoms with Crippen molar-refractivity contribution in [3.05, 3.63) is 25.7 Å². The maximum atomic E-state index is 10.3. The third-order valence-corrected chi connectivity index (χ3v) is 1.65. The molecule has 0 bridgehead atoms. The molecule has 1 aromatic rings. The topological polar surface area (TPSA) is 68.9 Å². The molecule has 0 aromatic carbocycles. The number of nitro groups is 1. The monoisotopic (exact) mass is 227 g/mol. The zero-order chi connectivity index (χ0) is 9.30. The van der Waals surface area contributed by atoms with Gasteiger partial charge in [-0.3, -0.25) is 10.1 Å². The van der Waals surface area contributed by atoms with Crippen LogP contribution in [0.5, 0.6) is 0 Å². The third-order valence-electron chi connectivity index (χ3n) is 0.954. The number of aromatic nitrogens is 2. The van der Waals surface area contributed by atoms with E-state index in [1.54, 1.807) is 0 Å². The number of hydrogen-bond acceptors (Lipinski definition) is 4. The normalized spacial score (nSPS) is 9.92. The van der Waals surface area contributed by atoms with Crippen molar-refractivity contribution < 1.29 is 4.92 Å². The minimum absolute atomic E-state index is 0.226. The molecule has 0 fully saturated rings. The Hall–Kier alpha value is -0.650. The van der Waals surface area contributed by atoms with Crippen molar-refractivity contribution in [2.75, 3.05) is 0 Å². The number of halogens is 3. The van der Waals surface area contributed by atoms with Crippen LogP contribution in [0.3, 0.4) is 0 Å². The Balaban J connectivity index is 3.38. The summed E-state index contributed by atoms with van der Waals surface area (Å²) in [4.78, 5) is 16.2. The van der Waals surface area contributed by atoms with Gasteiger partial charge < -0.3 is 0 Å². The molecule has 1 aromatic heterocycles. The van der Waals surface area contributed by atoms with Crippen LogP contribution in [0.4, 0.5) is 5.69 Å². The second-order valence-corrected chi connectivity index (χ2v) is 2.73. The Morgan fingerprint density at radius 2 is 1.58 bits per heavy atom. The average molecular weight is 228 g/mol. The van der Waals surface area contributed by atoms with Crippen molar-refractivity contribution in [3.8, 4) is 0 Å². The summed E-state index contributed by atoms with van der Waals surface area (Å²) in [5.41, 5.74) is -0.539. The highest BCUT2D eigenvalue weighted by Gasteiger charge is 2.21. The molecular formula is C4Cl3N3O2. The highest BCUT2D eigenvalue weighted by Crippen LogP contribution is 2.29. The molecule has 0 radical (unpaired) electrons. The fourth-order valence-corrected chi connectivity index (χ4v) is 1.31. The van der Waals surface area contributed by atoms with Gasteiger partial charge in [0.05, 0.1) is 4.92 Å². The van der Waals surface area contributed by atoms with Crippen LogP contribution in [0.1, 0.15) is 0 Å².